The van der Waals surface area contributed by atoms with Crippen LogP contribution in [0.2, 0.25) is 0 Å². The van der Waals surface area contributed by atoms with Crippen LogP contribution in [0.3, 0.4) is 0 Å². The van der Waals surface area contributed by atoms with E-state index >= 15 is 0 Å². The molecule has 0 aliphatic carbocycles. The van der Waals surface area contributed by atoms with Crippen LogP contribution in [0.15, 0.2) is 12.2 Å². The average molecular weight is 763 g/mol. The van der Waals surface area contributed by atoms with E-state index < -0.39 is 6.10 Å². The fraction of sp³-hybridized carbons (Fsp3) is 0.896. The van der Waals surface area contributed by atoms with Crippen molar-refractivity contribution in [3.63, 3.8) is 0 Å². The van der Waals surface area contributed by atoms with Gasteiger partial charge in [0.1, 0.15) is 13.2 Å². The second-order valence-electron chi connectivity index (χ2n) is 16.0. The van der Waals surface area contributed by atoms with Gasteiger partial charge in [-0.2, -0.15) is 0 Å². The van der Waals surface area contributed by atoms with Crippen LogP contribution in [-0.2, 0) is 28.6 Å². The predicted molar refractivity (Wildman–Crippen MR) is 229 cm³/mol. The minimum absolute atomic E-state index is 0.0679. The summed E-state index contributed by atoms with van der Waals surface area (Å²) < 4.78 is 16.7. The van der Waals surface area contributed by atoms with E-state index in [4.69, 9.17) is 14.2 Å². The van der Waals surface area contributed by atoms with E-state index in [1.165, 1.54) is 154 Å². The topological polar surface area (TPSA) is 78.9 Å². The molecule has 0 heterocycles. The highest BCUT2D eigenvalue weighted by molar-refractivity contribution is 5.71. The fourth-order valence-corrected chi connectivity index (χ4v) is 6.91. The van der Waals surface area contributed by atoms with E-state index in [0.717, 1.165) is 64.2 Å². The second kappa shape index (κ2) is 43.9. The summed E-state index contributed by atoms with van der Waals surface area (Å²) in [5.74, 6) is -0.868. The Bertz CT molecular complexity index is 839. The van der Waals surface area contributed by atoms with Crippen molar-refractivity contribution in [2.75, 3.05) is 13.2 Å². The van der Waals surface area contributed by atoms with Crippen LogP contribution in [0.5, 0.6) is 0 Å². The molecule has 0 rings (SSSR count). The molecule has 0 aromatic carbocycles. The van der Waals surface area contributed by atoms with Gasteiger partial charge >= 0.3 is 17.9 Å². The van der Waals surface area contributed by atoms with Gasteiger partial charge in [-0.05, 0) is 44.9 Å². The molecule has 0 amide bonds. The maximum atomic E-state index is 12.7. The second-order valence-corrected chi connectivity index (χ2v) is 16.0. The predicted octanol–water partition coefficient (Wildman–Crippen LogP) is 15.0. The van der Waals surface area contributed by atoms with Gasteiger partial charge in [-0.1, -0.05) is 206 Å². The Balaban J connectivity index is 4.34. The summed E-state index contributed by atoms with van der Waals surface area (Å²) >= 11 is 0. The summed E-state index contributed by atoms with van der Waals surface area (Å²) in [6, 6.07) is 0. The Morgan fingerprint density at radius 3 is 0.944 bits per heavy atom. The zero-order chi connectivity index (χ0) is 39.4. The Labute approximate surface area is 335 Å². The summed E-state index contributed by atoms with van der Waals surface area (Å²) in [6.07, 6.45) is 46.1. The first-order chi connectivity index (χ1) is 26.5. The lowest BCUT2D eigenvalue weighted by atomic mass is 10.0. The highest BCUT2D eigenvalue weighted by Crippen LogP contribution is 2.15. The summed E-state index contributed by atoms with van der Waals surface area (Å²) in [5.41, 5.74) is 0. The molecule has 318 valence electrons. The third-order valence-electron chi connectivity index (χ3n) is 10.5. The Hall–Kier alpha value is -1.85. The molecule has 0 aromatic rings. The van der Waals surface area contributed by atoms with E-state index in [9.17, 15) is 14.4 Å². The van der Waals surface area contributed by atoms with E-state index in [0.29, 0.717) is 19.3 Å². The molecule has 0 saturated heterocycles. The monoisotopic (exact) mass is 763 g/mol. The van der Waals surface area contributed by atoms with Crippen molar-refractivity contribution < 1.29 is 28.6 Å². The number of carbonyl (C=O) groups is 3. The molecule has 0 fully saturated rings. The number of unbranched alkanes of at least 4 members (excludes halogenated alkanes) is 30. The van der Waals surface area contributed by atoms with E-state index in [-0.39, 0.29) is 31.1 Å². The van der Waals surface area contributed by atoms with Crippen molar-refractivity contribution in [2.24, 2.45) is 0 Å². The van der Waals surface area contributed by atoms with Gasteiger partial charge in [0.2, 0.25) is 0 Å². The lowest BCUT2D eigenvalue weighted by Gasteiger charge is -2.18. The van der Waals surface area contributed by atoms with Gasteiger partial charge in [-0.25, -0.2) is 0 Å². The molecular formula is C48H90O6. The van der Waals surface area contributed by atoms with Crippen molar-refractivity contribution >= 4 is 17.9 Å². The summed E-state index contributed by atoms with van der Waals surface area (Å²) in [6.45, 7) is 6.62. The zero-order valence-corrected chi connectivity index (χ0v) is 36.3. The first-order valence-corrected chi connectivity index (χ1v) is 23.7. The Morgan fingerprint density at radius 2 is 0.611 bits per heavy atom. The first-order valence-electron chi connectivity index (χ1n) is 23.7. The van der Waals surface area contributed by atoms with Gasteiger partial charge < -0.3 is 14.2 Å². The number of allylic oxidation sites excluding steroid dienone is 2. The van der Waals surface area contributed by atoms with E-state index in [1.54, 1.807) is 0 Å². The van der Waals surface area contributed by atoms with Gasteiger partial charge in [-0.15, -0.1) is 0 Å². The van der Waals surface area contributed by atoms with Gasteiger partial charge in [0, 0.05) is 19.3 Å². The zero-order valence-electron chi connectivity index (χ0n) is 36.3. The number of hydrogen-bond donors (Lipinski definition) is 0. The fourth-order valence-electron chi connectivity index (χ4n) is 6.91. The van der Waals surface area contributed by atoms with Crippen LogP contribution in [0.1, 0.15) is 258 Å². The van der Waals surface area contributed by atoms with Crippen molar-refractivity contribution in [2.45, 2.75) is 264 Å². The maximum absolute atomic E-state index is 12.7. The molecule has 0 N–H and O–H groups in total. The molecule has 0 radical (unpaired) electrons. The highest BCUT2D eigenvalue weighted by Gasteiger charge is 2.19. The molecule has 0 aliphatic heterocycles. The molecule has 0 saturated carbocycles. The minimum atomic E-state index is -0.764. The van der Waals surface area contributed by atoms with E-state index in [2.05, 4.69) is 32.9 Å². The maximum Gasteiger partial charge on any atom is 0.306 e. The molecule has 0 spiro atoms. The quantitative estimate of drug-likeness (QED) is 0.0266. The molecule has 1 atom stereocenters. The largest absolute Gasteiger partial charge is 0.462 e. The molecule has 54 heavy (non-hydrogen) atoms. The van der Waals surface area contributed by atoms with Crippen molar-refractivity contribution in [1.29, 1.82) is 0 Å². The van der Waals surface area contributed by atoms with Crippen LogP contribution < -0.4 is 0 Å². The third kappa shape index (κ3) is 41.3. The van der Waals surface area contributed by atoms with Crippen LogP contribution in [-0.4, -0.2) is 37.2 Å². The standard InChI is InChI=1S/C48H90O6/c1-4-7-10-13-16-19-22-24-27-29-32-35-38-41-47(50)53-44-45(54-48(51)42-39-36-33-30-25-21-18-15-12-9-6-3)43-52-46(49)40-37-34-31-28-26-23-20-17-14-11-8-5-2/h19,22,45H,4-18,20-21,23-44H2,1-3H3/b22-19-/t45-/m0/s1. The summed E-state index contributed by atoms with van der Waals surface area (Å²) in [7, 11) is 0. The molecule has 6 heteroatoms. The molecule has 0 aromatic heterocycles. The molecule has 0 bridgehead atoms. The van der Waals surface area contributed by atoms with Crippen molar-refractivity contribution in [3.8, 4) is 0 Å². The SMILES string of the molecule is CCCCCC/C=C\CCCCCCCC(=O)OC[C@H](COC(=O)CCCCCCCCCCCCCC)OC(=O)CCCCCCCCCCCCC. The number of ether oxygens (including phenoxy) is 3. The number of hydrogen-bond acceptors (Lipinski definition) is 6. The Morgan fingerprint density at radius 1 is 0.352 bits per heavy atom. The van der Waals surface area contributed by atoms with Gasteiger partial charge in [0.05, 0.1) is 0 Å². The molecule has 0 unspecified atom stereocenters. The highest BCUT2D eigenvalue weighted by atomic mass is 16.6. The normalized spacial score (nSPS) is 12.0. The first kappa shape index (κ1) is 52.2. The van der Waals surface area contributed by atoms with Crippen molar-refractivity contribution in [3.05, 3.63) is 12.2 Å². The summed E-state index contributed by atoms with van der Waals surface area (Å²) in [4.78, 5) is 37.7. The lowest BCUT2D eigenvalue weighted by molar-refractivity contribution is -0.167. The molecule has 6 nitrogen and oxygen atoms in total. The lowest BCUT2D eigenvalue weighted by Crippen LogP contribution is -2.30. The van der Waals surface area contributed by atoms with Crippen LogP contribution in [0, 0.1) is 0 Å². The number of esters is 3. The smallest absolute Gasteiger partial charge is 0.306 e. The van der Waals surface area contributed by atoms with Gasteiger partial charge in [-0.3, -0.25) is 14.4 Å². The minimum Gasteiger partial charge on any atom is -0.462 e. The van der Waals surface area contributed by atoms with Crippen molar-refractivity contribution in [1.82, 2.24) is 0 Å². The van der Waals surface area contributed by atoms with Crippen LogP contribution in [0.4, 0.5) is 0 Å². The van der Waals surface area contributed by atoms with Crippen LogP contribution in [0.25, 0.3) is 0 Å². The Kier molecular flexibility index (Phi) is 42.4. The molecular weight excluding hydrogens is 673 g/mol. The van der Waals surface area contributed by atoms with Gasteiger partial charge in [0.25, 0.3) is 0 Å². The van der Waals surface area contributed by atoms with Crippen LogP contribution >= 0.6 is 0 Å². The summed E-state index contributed by atoms with van der Waals surface area (Å²) in [5, 5.41) is 0. The molecule has 0 aliphatic rings. The van der Waals surface area contributed by atoms with E-state index in [1.807, 2.05) is 0 Å². The number of rotatable bonds is 43. The van der Waals surface area contributed by atoms with Gasteiger partial charge in [0.15, 0.2) is 6.10 Å². The third-order valence-corrected chi connectivity index (χ3v) is 10.5. The number of carbonyl (C=O) groups excluding carboxylic acids is 3. The average Bonchev–Trinajstić information content (AvgIpc) is 3.17.